The van der Waals surface area contributed by atoms with E-state index < -0.39 is 30.3 Å². The Morgan fingerprint density at radius 3 is 1.47 bits per heavy atom. The number of carbonyl (C=O) groups is 6. The molecule has 5 aromatic carbocycles. The van der Waals surface area contributed by atoms with Crippen molar-refractivity contribution in [2.24, 2.45) is 0 Å². The van der Waals surface area contributed by atoms with Crippen LogP contribution >= 0.6 is 0 Å². The molecule has 1 aromatic heterocycles. The van der Waals surface area contributed by atoms with Gasteiger partial charge in [-0.2, -0.15) is 0 Å². The third kappa shape index (κ3) is 12.0. The fraction of sp³-hybridized carbons (Fsp3) is 0.400. The van der Waals surface area contributed by atoms with Crippen molar-refractivity contribution < 1.29 is 33.5 Å². The highest BCUT2D eigenvalue weighted by atomic mass is 16.5. The fourth-order valence-electron chi connectivity index (χ4n) is 11.1. The minimum Gasteiger partial charge on any atom is -0.453 e. The lowest BCUT2D eigenvalue weighted by atomic mass is 9.98. The van der Waals surface area contributed by atoms with Gasteiger partial charge < -0.3 is 29.7 Å². The summed E-state index contributed by atoms with van der Waals surface area (Å²) >= 11 is 0. The Kier molecular flexibility index (Phi) is 17.4. The molecule has 2 N–H and O–H groups in total. The van der Waals surface area contributed by atoms with E-state index in [1.165, 1.54) is 51.7 Å². The normalized spacial score (nSPS) is 16.9. The number of alkyl carbamates (subject to hydrolysis) is 1. The number of nitrogens with zero attached hydrogens (tertiary/aromatic N) is 3. The number of rotatable bonds is 22. The Morgan fingerprint density at radius 2 is 1.01 bits per heavy atom. The van der Waals surface area contributed by atoms with Gasteiger partial charge in [-0.1, -0.05) is 167 Å². The topological polar surface area (TPSA) is 147 Å². The largest absolute Gasteiger partial charge is 0.453 e. The Morgan fingerprint density at radius 1 is 0.569 bits per heavy atom. The molecule has 2 aliphatic heterocycles. The third-order valence-electron chi connectivity index (χ3n) is 14.6. The van der Waals surface area contributed by atoms with Crippen molar-refractivity contribution in [2.75, 3.05) is 20.2 Å². The van der Waals surface area contributed by atoms with Gasteiger partial charge in [-0.3, -0.25) is 24.0 Å². The molecule has 376 valence electrons. The van der Waals surface area contributed by atoms with Crippen molar-refractivity contribution in [1.29, 1.82) is 0 Å². The van der Waals surface area contributed by atoms with Gasteiger partial charge in [0.05, 0.1) is 25.2 Å². The van der Waals surface area contributed by atoms with Crippen molar-refractivity contribution in [3.05, 3.63) is 155 Å². The van der Waals surface area contributed by atoms with E-state index >= 15 is 0 Å². The summed E-state index contributed by atoms with van der Waals surface area (Å²) in [6, 6.07) is 38.0. The first-order valence-electron chi connectivity index (χ1n) is 26.0. The maximum atomic E-state index is 14.5. The number of benzene rings is 5. The number of aromatic nitrogens is 1. The van der Waals surface area contributed by atoms with Crippen LogP contribution in [0.5, 0.6) is 0 Å². The molecule has 5 atom stereocenters. The van der Waals surface area contributed by atoms with Crippen LogP contribution in [0.2, 0.25) is 0 Å². The molecular weight excluding hydrogens is 903 g/mol. The van der Waals surface area contributed by atoms with Crippen LogP contribution in [0.1, 0.15) is 137 Å². The summed E-state index contributed by atoms with van der Waals surface area (Å²) in [6.45, 7) is 4.47. The molecule has 12 nitrogen and oxygen atoms in total. The van der Waals surface area contributed by atoms with Crippen LogP contribution in [0.25, 0.3) is 21.8 Å². The molecule has 6 aromatic rings. The Balaban J connectivity index is 1.12. The number of carbonyl (C=O) groups excluding carboxylic acids is 6. The minimum absolute atomic E-state index is 0.0448. The zero-order valence-corrected chi connectivity index (χ0v) is 42.0. The second-order valence-corrected chi connectivity index (χ2v) is 19.6. The Labute approximate surface area is 423 Å². The number of likely N-dealkylation sites (tertiary alicyclic amines) is 2. The van der Waals surface area contributed by atoms with Gasteiger partial charge in [0.25, 0.3) is 5.91 Å². The second-order valence-electron chi connectivity index (χ2n) is 19.6. The van der Waals surface area contributed by atoms with Gasteiger partial charge in [-0.25, -0.2) is 4.79 Å². The van der Waals surface area contributed by atoms with Gasteiger partial charge in [0.1, 0.15) is 12.1 Å². The van der Waals surface area contributed by atoms with Gasteiger partial charge in [-0.15, -0.1) is 0 Å². The van der Waals surface area contributed by atoms with E-state index in [9.17, 15) is 28.8 Å². The Bertz CT molecular complexity index is 2850. The summed E-state index contributed by atoms with van der Waals surface area (Å²) in [5.41, 5.74) is 6.10. The SMILES string of the molecule is CCCCCCCCCC(c1ccccc1)n1c2cc(CC(=O)[C@@H]3CCCN3C(=O)[C@H](NC(C)=O)c3ccccc3)ccc2c2ccc(CC(=O)[C@@H]3CCCN3C(=O)[C@H](NC(=O)OC)c3ccccc3)cc21. The van der Waals surface area contributed by atoms with Crippen molar-refractivity contribution >= 4 is 57.2 Å². The number of hydrogen-bond donors (Lipinski definition) is 2. The van der Waals surface area contributed by atoms with E-state index in [0.717, 1.165) is 52.2 Å². The first-order chi connectivity index (χ1) is 35.1. The highest BCUT2D eigenvalue weighted by Gasteiger charge is 2.40. The zero-order valence-electron chi connectivity index (χ0n) is 42.0. The molecule has 0 saturated carbocycles. The summed E-state index contributed by atoms with van der Waals surface area (Å²) in [6.07, 6.45) is 11.1. The summed E-state index contributed by atoms with van der Waals surface area (Å²) in [4.78, 5) is 85.4. The van der Waals surface area contributed by atoms with E-state index in [2.05, 4.69) is 70.7 Å². The molecule has 0 spiro atoms. The van der Waals surface area contributed by atoms with Crippen LogP contribution in [0.15, 0.2) is 127 Å². The minimum atomic E-state index is -1.01. The molecule has 12 heteroatoms. The molecule has 0 bridgehead atoms. The highest BCUT2D eigenvalue weighted by molar-refractivity contribution is 6.09. The molecule has 2 fully saturated rings. The smallest absolute Gasteiger partial charge is 0.407 e. The van der Waals surface area contributed by atoms with Crippen LogP contribution in [0.4, 0.5) is 4.79 Å². The highest BCUT2D eigenvalue weighted by Crippen LogP contribution is 2.39. The molecule has 2 aliphatic rings. The van der Waals surface area contributed by atoms with Gasteiger partial charge >= 0.3 is 6.09 Å². The van der Waals surface area contributed by atoms with E-state index in [1.807, 2.05) is 54.6 Å². The van der Waals surface area contributed by atoms with Crippen molar-refractivity contribution in [1.82, 2.24) is 25.0 Å². The molecule has 0 aliphatic carbocycles. The van der Waals surface area contributed by atoms with Crippen molar-refractivity contribution in [2.45, 2.75) is 134 Å². The van der Waals surface area contributed by atoms with Gasteiger partial charge in [0.2, 0.25) is 11.8 Å². The third-order valence-corrected chi connectivity index (χ3v) is 14.6. The van der Waals surface area contributed by atoms with E-state index in [-0.39, 0.29) is 48.2 Å². The lowest BCUT2D eigenvalue weighted by Gasteiger charge is -2.29. The number of ketones is 2. The van der Waals surface area contributed by atoms with Crippen LogP contribution in [-0.2, 0) is 41.6 Å². The van der Waals surface area contributed by atoms with E-state index in [4.69, 9.17) is 4.74 Å². The first-order valence-corrected chi connectivity index (χ1v) is 26.0. The number of Topliss-reactive ketones (excluding diaryl/α,β-unsaturated/α-hetero) is 2. The predicted molar refractivity (Wildman–Crippen MR) is 281 cm³/mol. The van der Waals surface area contributed by atoms with E-state index in [1.54, 1.807) is 34.1 Å². The number of amides is 4. The molecule has 4 amide bonds. The molecule has 8 rings (SSSR count). The lowest BCUT2D eigenvalue weighted by molar-refractivity contribution is -0.140. The van der Waals surface area contributed by atoms with Gasteiger partial charge in [-0.05, 0) is 72.1 Å². The average Bonchev–Trinajstić information content (AvgIpc) is 4.17. The summed E-state index contributed by atoms with van der Waals surface area (Å²) in [5, 5.41) is 7.60. The molecule has 1 unspecified atom stereocenters. The molecule has 2 saturated heterocycles. The number of hydrogen-bond acceptors (Lipinski definition) is 7. The first kappa shape index (κ1) is 51.3. The fourth-order valence-corrected chi connectivity index (χ4v) is 11.1. The van der Waals surface area contributed by atoms with Gasteiger partial charge in [0.15, 0.2) is 11.6 Å². The number of methoxy groups -OCH3 is 1. The molecular formula is C60H69N5O7. The van der Waals surface area contributed by atoms with Crippen LogP contribution < -0.4 is 10.6 Å². The summed E-state index contributed by atoms with van der Waals surface area (Å²) < 4.78 is 7.30. The predicted octanol–water partition coefficient (Wildman–Crippen LogP) is 10.7. The lowest BCUT2D eigenvalue weighted by Crippen LogP contribution is -2.47. The number of unbranched alkanes of at least 4 members (excludes halogenated alkanes) is 6. The van der Waals surface area contributed by atoms with Crippen LogP contribution in [-0.4, -0.2) is 82.0 Å². The maximum absolute atomic E-state index is 14.5. The van der Waals surface area contributed by atoms with Crippen molar-refractivity contribution in [3.63, 3.8) is 0 Å². The van der Waals surface area contributed by atoms with Crippen molar-refractivity contribution in [3.8, 4) is 0 Å². The second kappa shape index (κ2) is 24.4. The number of ether oxygens (including phenoxy) is 1. The average molecular weight is 972 g/mol. The maximum Gasteiger partial charge on any atom is 0.407 e. The number of fused-ring (bicyclic) bond motifs is 3. The Hall–Kier alpha value is -7.08. The van der Waals surface area contributed by atoms with Crippen LogP contribution in [0.3, 0.4) is 0 Å². The standard InChI is InChI=1S/C60H69N5O7/c1-4-5-6-7-8-9-19-28-49(44-22-13-10-14-23-44)65-52-37-42(39-54(67)50-29-20-35-63(50)58(69)56(61-41(2)66)45-24-15-11-16-25-45)31-33-47(52)48-34-32-43(38-53(48)65)40-55(68)51-30-21-36-64(51)59(70)57(62-60(71)72-3)46-26-17-12-18-27-46/h10-18,22-27,31-34,37-38,49-51,56-57H,4-9,19-21,28-30,35-36,39-40H2,1-3H3,(H,61,66)(H,62,71)/t49?,50-,51-,56+,57+/m0/s1. The van der Waals surface area contributed by atoms with Crippen LogP contribution in [0, 0.1) is 0 Å². The van der Waals surface area contributed by atoms with Gasteiger partial charge in [0, 0.05) is 54.7 Å². The quantitative estimate of drug-likeness (QED) is 0.0644. The summed E-state index contributed by atoms with van der Waals surface area (Å²) in [7, 11) is 1.26. The number of nitrogens with one attached hydrogen (secondary N) is 2. The zero-order chi connectivity index (χ0) is 50.6. The monoisotopic (exact) mass is 972 g/mol. The molecule has 72 heavy (non-hydrogen) atoms. The summed E-state index contributed by atoms with van der Waals surface area (Å²) in [5.74, 6) is -1.07. The molecule has 3 heterocycles. The molecule has 0 radical (unpaired) electrons. The van der Waals surface area contributed by atoms with E-state index in [0.29, 0.717) is 49.9 Å².